The average molecular weight is 551 g/mol. The summed E-state index contributed by atoms with van der Waals surface area (Å²) in [7, 11) is 0. The molecular formula is C34H46O6. The summed E-state index contributed by atoms with van der Waals surface area (Å²) in [5.74, 6) is 0.781. The van der Waals surface area contributed by atoms with Crippen molar-refractivity contribution in [3.63, 3.8) is 0 Å². The highest BCUT2D eigenvalue weighted by Crippen LogP contribution is 2.44. The van der Waals surface area contributed by atoms with E-state index in [4.69, 9.17) is 18.9 Å². The van der Waals surface area contributed by atoms with Crippen molar-refractivity contribution in [1.82, 2.24) is 0 Å². The fraction of sp³-hybridized carbons (Fsp3) is 0.529. The Morgan fingerprint density at radius 3 is 1.52 bits per heavy atom. The van der Waals surface area contributed by atoms with E-state index in [-0.39, 0.29) is 5.41 Å². The second-order valence-corrected chi connectivity index (χ2v) is 11.4. The Bertz CT molecular complexity index is 1260. The molecule has 0 bridgehead atoms. The number of rotatable bonds is 14. The van der Waals surface area contributed by atoms with Gasteiger partial charge >= 0.3 is 12.3 Å². The highest BCUT2D eigenvalue weighted by Gasteiger charge is 2.23. The Kier molecular flexibility index (Phi) is 12.1. The van der Waals surface area contributed by atoms with Gasteiger partial charge in [0.25, 0.3) is 0 Å². The van der Waals surface area contributed by atoms with E-state index in [1.165, 1.54) is 12.8 Å². The van der Waals surface area contributed by atoms with Crippen LogP contribution in [0.25, 0.3) is 21.5 Å². The molecule has 0 atom stereocenters. The van der Waals surface area contributed by atoms with E-state index in [1.54, 1.807) is 0 Å². The van der Waals surface area contributed by atoms with Crippen LogP contribution in [0, 0.1) is 0 Å². The molecule has 0 fully saturated rings. The van der Waals surface area contributed by atoms with Crippen molar-refractivity contribution in [3.8, 4) is 11.5 Å². The molecule has 40 heavy (non-hydrogen) atoms. The molecule has 0 heterocycles. The average Bonchev–Trinajstić information content (AvgIpc) is 2.93. The number of ether oxygens (including phenoxy) is 4. The van der Waals surface area contributed by atoms with Crippen LogP contribution in [-0.4, -0.2) is 25.5 Å². The molecule has 0 aliphatic rings. The summed E-state index contributed by atoms with van der Waals surface area (Å²) < 4.78 is 22.5. The van der Waals surface area contributed by atoms with Crippen molar-refractivity contribution in [1.29, 1.82) is 0 Å². The molecule has 0 aliphatic heterocycles. The largest absolute Gasteiger partial charge is 0.513 e. The maximum Gasteiger partial charge on any atom is 0.513 e. The van der Waals surface area contributed by atoms with Gasteiger partial charge in [-0.15, -0.1) is 0 Å². The van der Waals surface area contributed by atoms with E-state index >= 15 is 0 Å². The first kappa shape index (κ1) is 31.3. The lowest BCUT2D eigenvalue weighted by Crippen LogP contribution is -2.15. The van der Waals surface area contributed by atoms with E-state index < -0.39 is 12.3 Å². The Labute approximate surface area is 239 Å². The third-order valence-electron chi connectivity index (χ3n) is 7.10. The number of carbonyl (C=O) groups is 2. The molecule has 3 aromatic carbocycles. The smallest absolute Gasteiger partial charge is 0.434 e. The van der Waals surface area contributed by atoms with Gasteiger partial charge in [-0.25, -0.2) is 9.59 Å². The molecule has 0 saturated heterocycles. The molecule has 0 spiro atoms. The minimum atomic E-state index is -0.738. The van der Waals surface area contributed by atoms with Gasteiger partial charge in [0.15, 0.2) is 0 Å². The van der Waals surface area contributed by atoms with Crippen LogP contribution in [0.1, 0.15) is 104 Å². The molecule has 0 radical (unpaired) electrons. The van der Waals surface area contributed by atoms with Crippen LogP contribution in [0.15, 0.2) is 42.5 Å². The zero-order valence-electron chi connectivity index (χ0n) is 25.0. The quantitative estimate of drug-likeness (QED) is 0.0860. The summed E-state index contributed by atoms with van der Waals surface area (Å²) in [6.45, 7) is 11.3. The summed E-state index contributed by atoms with van der Waals surface area (Å²) in [4.78, 5) is 25.5. The van der Waals surface area contributed by atoms with Gasteiger partial charge in [0.05, 0.1) is 13.2 Å². The van der Waals surface area contributed by atoms with Crippen molar-refractivity contribution in [2.24, 2.45) is 0 Å². The minimum Gasteiger partial charge on any atom is -0.434 e. The van der Waals surface area contributed by atoms with Crippen molar-refractivity contribution in [2.75, 3.05) is 13.2 Å². The molecule has 6 nitrogen and oxygen atoms in total. The molecule has 0 aliphatic carbocycles. The Morgan fingerprint density at radius 2 is 1.05 bits per heavy atom. The van der Waals surface area contributed by atoms with Crippen molar-refractivity contribution >= 4 is 33.9 Å². The molecule has 0 N–H and O–H groups in total. The fourth-order valence-electron chi connectivity index (χ4n) is 4.73. The highest BCUT2D eigenvalue weighted by atomic mass is 16.7. The zero-order valence-corrected chi connectivity index (χ0v) is 25.0. The van der Waals surface area contributed by atoms with Crippen LogP contribution in [-0.2, 0) is 14.9 Å². The summed E-state index contributed by atoms with van der Waals surface area (Å²) in [6, 6.07) is 13.4. The molecular weight excluding hydrogens is 504 g/mol. The maximum atomic E-state index is 12.8. The standard InChI is InChI=1S/C34H46O6/c1-6-8-10-12-16-22-37-32(35)39-30-26-18-14-15-19-27(26)31(40-33(36)38-23-17-13-11-9-7-2)29-24-25(34(3,4)5)20-21-28(29)30/h14-15,18-21,24H,6-13,16-17,22-23H2,1-5H3. The molecule has 6 heteroatoms. The van der Waals surface area contributed by atoms with E-state index in [2.05, 4.69) is 34.6 Å². The Hall–Kier alpha value is -3.28. The van der Waals surface area contributed by atoms with Crippen LogP contribution in [0.3, 0.4) is 0 Å². The van der Waals surface area contributed by atoms with Crippen molar-refractivity contribution in [3.05, 3.63) is 48.0 Å². The number of benzene rings is 3. The number of carbonyl (C=O) groups excluding carboxylic acids is 2. The molecule has 0 aromatic heterocycles. The second kappa shape index (κ2) is 15.5. The lowest BCUT2D eigenvalue weighted by molar-refractivity contribution is 0.0965. The third-order valence-corrected chi connectivity index (χ3v) is 7.10. The van der Waals surface area contributed by atoms with Gasteiger partial charge in [-0.3, -0.25) is 0 Å². The molecule has 0 saturated carbocycles. The lowest BCUT2D eigenvalue weighted by atomic mass is 9.85. The van der Waals surface area contributed by atoms with Crippen LogP contribution in [0.5, 0.6) is 11.5 Å². The summed E-state index contributed by atoms with van der Waals surface area (Å²) in [5.41, 5.74) is 0.915. The van der Waals surface area contributed by atoms with Gasteiger partial charge in [-0.2, -0.15) is 0 Å². The minimum absolute atomic E-state index is 0.145. The van der Waals surface area contributed by atoms with E-state index in [9.17, 15) is 9.59 Å². The van der Waals surface area contributed by atoms with Gasteiger partial charge in [-0.05, 0) is 29.9 Å². The third kappa shape index (κ3) is 8.87. The van der Waals surface area contributed by atoms with Crippen LogP contribution < -0.4 is 9.47 Å². The predicted octanol–water partition coefficient (Wildman–Crippen LogP) is 10.3. The zero-order chi connectivity index (χ0) is 29.0. The summed E-state index contributed by atoms with van der Waals surface area (Å²) in [6.07, 6.45) is 9.11. The molecule has 3 aromatic rings. The fourth-order valence-corrected chi connectivity index (χ4v) is 4.73. The second-order valence-electron chi connectivity index (χ2n) is 11.4. The normalized spacial score (nSPS) is 11.5. The van der Waals surface area contributed by atoms with Crippen molar-refractivity contribution < 1.29 is 28.5 Å². The highest BCUT2D eigenvalue weighted by molar-refractivity contribution is 6.12. The van der Waals surface area contributed by atoms with Gasteiger partial charge in [-0.1, -0.05) is 122 Å². The Balaban J connectivity index is 1.91. The van der Waals surface area contributed by atoms with Gasteiger partial charge in [0.2, 0.25) is 0 Å². The molecule has 0 unspecified atom stereocenters. The maximum absolute atomic E-state index is 12.8. The number of unbranched alkanes of at least 4 members (excludes halogenated alkanes) is 8. The van der Waals surface area contributed by atoms with Crippen LogP contribution >= 0.6 is 0 Å². The van der Waals surface area contributed by atoms with E-state index in [0.717, 1.165) is 56.9 Å². The van der Waals surface area contributed by atoms with Crippen molar-refractivity contribution in [2.45, 2.75) is 104 Å². The van der Waals surface area contributed by atoms with Crippen LogP contribution in [0.2, 0.25) is 0 Å². The first-order chi connectivity index (χ1) is 19.3. The van der Waals surface area contributed by atoms with Gasteiger partial charge < -0.3 is 18.9 Å². The van der Waals surface area contributed by atoms with E-state index in [1.807, 2.05) is 42.5 Å². The van der Waals surface area contributed by atoms with Gasteiger partial charge in [0, 0.05) is 21.5 Å². The Morgan fingerprint density at radius 1 is 0.600 bits per heavy atom. The summed E-state index contributed by atoms with van der Waals surface area (Å²) >= 11 is 0. The number of fused-ring (bicyclic) bond motifs is 2. The molecule has 218 valence electrons. The van der Waals surface area contributed by atoms with Gasteiger partial charge in [0.1, 0.15) is 11.5 Å². The van der Waals surface area contributed by atoms with E-state index in [0.29, 0.717) is 46.3 Å². The molecule has 3 rings (SSSR count). The lowest BCUT2D eigenvalue weighted by Gasteiger charge is -2.22. The SMILES string of the molecule is CCCCCCCOC(=O)Oc1c2ccccc2c(OC(=O)OCCCCCCC)c2cc(C(C)(C)C)ccc12. The molecule has 0 amide bonds. The monoisotopic (exact) mass is 550 g/mol. The topological polar surface area (TPSA) is 71.1 Å². The number of hydrogen-bond donors (Lipinski definition) is 0. The predicted molar refractivity (Wildman–Crippen MR) is 162 cm³/mol. The summed E-state index contributed by atoms with van der Waals surface area (Å²) in [5, 5.41) is 2.64. The first-order valence-electron chi connectivity index (χ1n) is 14.9. The number of hydrogen-bond acceptors (Lipinski definition) is 6. The van der Waals surface area contributed by atoms with Crippen LogP contribution in [0.4, 0.5) is 9.59 Å². The first-order valence-corrected chi connectivity index (χ1v) is 14.9.